The predicted octanol–water partition coefficient (Wildman–Crippen LogP) is 2.77. The number of rotatable bonds is 9. The van der Waals surface area contributed by atoms with Gasteiger partial charge in [0.2, 0.25) is 0 Å². The van der Waals surface area contributed by atoms with Crippen molar-refractivity contribution in [2.45, 2.75) is 6.54 Å². The molecule has 0 saturated carbocycles. The minimum absolute atomic E-state index is 0.0365. The Bertz CT molecular complexity index is 1280. The molecule has 3 heterocycles. The van der Waals surface area contributed by atoms with Gasteiger partial charge in [-0.1, -0.05) is 24.3 Å². The van der Waals surface area contributed by atoms with Gasteiger partial charge in [0.1, 0.15) is 30.1 Å². The van der Waals surface area contributed by atoms with E-state index in [-0.39, 0.29) is 13.2 Å². The molecule has 3 aromatic heterocycles. The van der Waals surface area contributed by atoms with E-state index in [9.17, 15) is 0 Å². The Labute approximate surface area is 191 Å². The van der Waals surface area contributed by atoms with Crippen molar-refractivity contribution in [1.82, 2.24) is 19.4 Å². The monoisotopic (exact) mass is 443 g/mol. The first-order valence-corrected chi connectivity index (χ1v) is 10.4. The lowest BCUT2D eigenvalue weighted by atomic mass is 10.1. The van der Waals surface area contributed by atoms with Gasteiger partial charge in [-0.15, -0.1) is 0 Å². The van der Waals surface area contributed by atoms with E-state index in [1.165, 1.54) is 6.33 Å². The maximum absolute atomic E-state index is 8.92. The van der Waals surface area contributed by atoms with E-state index in [0.29, 0.717) is 18.1 Å². The van der Waals surface area contributed by atoms with Crippen LogP contribution in [-0.2, 0) is 6.54 Å². The van der Waals surface area contributed by atoms with Crippen molar-refractivity contribution in [2.24, 2.45) is 10.7 Å². The van der Waals surface area contributed by atoms with Crippen LogP contribution in [0.4, 0.5) is 5.82 Å². The van der Waals surface area contributed by atoms with Crippen LogP contribution in [0.25, 0.3) is 22.6 Å². The number of aliphatic hydroxyl groups excluding tert-OH is 1. The summed E-state index contributed by atoms with van der Waals surface area (Å²) in [4.78, 5) is 17.2. The normalized spacial score (nSPS) is 11.9. The summed E-state index contributed by atoms with van der Waals surface area (Å²) in [5.74, 6) is 1.36. The molecule has 0 bridgehead atoms. The molecular weight excluding hydrogens is 418 g/mol. The fourth-order valence-electron chi connectivity index (χ4n) is 3.36. The molecule has 0 saturated heterocycles. The number of aromatic nitrogens is 4. The third-order valence-electron chi connectivity index (χ3n) is 4.98. The van der Waals surface area contributed by atoms with Crippen molar-refractivity contribution in [2.75, 3.05) is 25.6 Å². The third kappa shape index (κ3) is 5.16. The highest BCUT2D eigenvalue weighted by Crippen LogP contribution is 2.23. The van der Waals surface area contributed by atoms with Crippen molar-refractivity contribution < 1.29 is 9.84 Å². The molecular formula is C24H25N7O2. The lowest BCUT2D eigenvalue weighted by molar-refractivity contribution is 0.201. The Balaban J connectivity index is 1.47. The molecule has 0 amide bonds. The first-order valence-electron chi connectivity index (χ1n) is 10.4. The Morgan fingerprint density at radius 3 is 2.79 bits per heavy atom. The van der Waals surface area contributed by atoms with E-state index in [4.69, 9.17) is 15.6 Å². The highest BCUT2D eigenvalue weighted by Gasteiger charge is 2.10. The van der Waals surface area contributed by atoms with Crippen molar-refractivity contribution in [3.8, 4) is 17.1 Å². The van der Waals surface area contributed by atoms with Gasteiger partial charge in [-0.3, -0.25) is 9.39 Å². The number of anilines is 1. The maximum Gasteiger partial charge on any atom is 0.140 e. The van der Waals surface area contributed by atoms with E-state index < -0.39 is 0 Å². The van der Waals surface area contributed by atoms with Crippen molar-refractivity contribution >= 4 is 23.3 Å². The lowest BCUT2D eigenvalue weighted by Gasteiger charge is -2.09. The van der Waals surface area contributed by atoms with Crippen LogP contribution in [0.3, 0.4) is 0 Å². The van der Waals surface area contributed by atoms with Gasteiger partial charge in [0.15, 0.2) is 0 Å². The molecule has 0 radical (unpaired) electrons. The quantitative estimate of drug-likeness (QED) is 0.340. The van der Waals surface area contributed by atoms with Gasteiger partial charge in [0.05, 0.1) is 24.2 Å². The van der Waals surface area contributed by atoms with Crippen LogP contribution in [0.1, 0.15) is 11.1 Å². The second kappa shape index (κ2) is 10.4. The molecule has 33 heavy (non-hydrogen) atoms. The minimum atomic E-state index is -0.0365. The summed E-state index contributed by atoms with van der Waals surface area (Å²) in [6, 6.07) is 13.6. The molecule has 0 spiro atoms. The molecule has 0 fully saturated rings. The summed E-state index contributed by atoms with van der Waals surface area (Å²) in [6.07, 6.45) is 8.44. The zero-order valence-corrected chi connectivity index (χ0v) is 18.2. The van der Waals surface area contributed by atoms with Gasteiger partial charge in [-0.25, -0.2) is 15.0 Å². The fourth-order valence-corrected chi connectivity index (χ4v) is 3.36. The molecule has 4 N–H and O–H groups in total. The summed E-state index contributed by atoms with van der Waals surface area (Å²) in [6.45, 7) is 0.815. The van der Waals surface area contributed by atoms with Gasteiger partial charge in [-0.2, -0.15) is 0 Å². The summed E-state index contributed by atoms with van der Waals surface area (Å²) >= 11 is 0. The first-order chi connectivity index (χ1) is 16.2. The van der Waals surface area contributed by atoms with Gasteiger partial charge in [-0.05, 0) is 17.2 Å². The van der Waals surface area contributed by atoms with E-state index >= 15 is 0 Å². The SMILES string of the molecule is CN=C/C(=C\N)c1ccc(CNc2cc(-c3cnc4cc(OCCO)ccn34)ncn2)cc1. The number of benzene rings is 1. The molecule has 0 atom stereocenters. The van der Waals surface area contributed by atoms with Crippen LogP contribution in [-0.4, -0.2) is 50.9 Å². The molecule has 0 aliphatic heterocycles. The summed E-state index contributed by atoms with van der Waals surface area (Å²) in [5, 5.41) is 12.3. The number of nitrogens with zero attached hydrogens (tertiary/aromatic N) is 5. The van der Waals surface area contributed by atoms with Crippen LogP contribution in [0, 0.1) is 0 Å². The molecule has 9 nitrogen and oxygen atoms in total. The van der Waals surface area contributed by atoms with Gasteiger partial charge in [0, 0.05) is 49.9 Å². The number of hydrogen-bond acceptors (Lipinski definition) is 8. The second-order valence-electron chi connectivity index (χ2n) is 7.15. The average molecular weight is 444 g/mol. The number of hydrogen-bond donors (Lipinski definition) is 3. The molecule has 4 aromatic rings. The van der Waals surface area contributed by atoms with Gasteiger partial charge in [0.25, 0.3) is 0 Å². The Morgan fingerprint density at radius 2 is 2.03 bits per heavy atom. The average Bonchev–Trinajstić information content (AvgIpc) is 3.29. The third-order valence-corrected chi connectivity index (χ3v) is 4.98. The van der Waals surface area contributed by atoms with Crippen LogP contribution in [0.5, 0.6) is 5.75 Å². The Kier molecular flexibility index (Phi) is 6.91. The lowest BCUT2D eigenvalue weighted by Crippen LogP contribution is -2.03. The number of fused-ring (bicyclic) bond motifs is 1. The molecule has 0 aliphatic rings. The first kappa shape index (κ1) is 22.0. The Morgan fingerprint density at radius 1 is 1.18 bits per heavy atom. The molecule has 0 aliphatic carbocycles. The molecule has 168 valence electrons. The van der Waals surface area contributed by atoms with Crippen LogP contribution >= 0.6 is 0 Å². The van der Waals surface area contributed by atoms with Crippen LogP contribution in [0.2, 0.25) is 0 Å². The van der Waals surface area contributed by atoms with E-state index in [2.05, 4.69) is 25.3 Å². The highest BCUT2D eigenvalue weighted by atomic mass is 16.5. The molecule has 9 heteroatoms. The van der Waals surface area contributed by atoms with Crippen molar-refractivity contribution in [3.63, 3.8) is 0 Å². The number of nitrogens with two attached hydrogens (primary N) is 1. The van der Waals surface area contributed by atoms with Crippen molar-refractivity contribution in [3.05, 3.63) is 78.5 Å². The summed E-state index contributed by atoms with van der Waals surface area (Å²) in [7, 11) is 1.72. The zero-order chi connectivity index (χ0) is 23.0. The number of allylic oxidation sites excluding steroid dienone is 1. The summed E-state index contributed by atoms with van der Waals surface area (Å²) in [5.41, 5.74) is 11.0. The van der Waals surface area contributed by atoms with E-state index in [1.54, 1.807) is 25.7 Å². The smallest absolute Gasteiger partial charge is 0.140 e. The standard InChI is InChI=1S/C24H25N7O2/c1-26-14-19(12-25)18-4-2-17(3-5-18)13-27-23-11-21(29-16-30-23)22-15-28-24-10-20(33-9-8-32)6-7-31(22)24/h2-7,10-12,14-16,32H,8-9,13,25H2,1H3,(H,27,29,30)/b19-12+,26-14?. The van der Waals surface area contributed by atoms with Gasteiger partial charge < -0.3 is 20.9 Å². The highest BCUT2D eigenvalue weighted by molar-refractivity contribution is 6.09. The number of ether oxygens (including phenoxy) is 1. The Hall–Kier alpha value is -4.24. The largest absolute Gasteiger partial charge is 0.491 e. The van der Waals surface area contributed by atoms with Crippen LogP contribution < -0.4 is 15.8 Å². The van der Waals surface area contributed by atoms with E-state index in [1.807, 2.05) is 53.1 Å². The fraction of sp³-hybridized carbons (Fsp3) is 0.167. The van der Waals surface area contributed by atoms with Gasteiger partial charge >= 0.3 is 0 Å². The summed E-state index contributed by atoms with van der Waals surface area (Å²) < 4.78 is 7.38. The predicted molar refractivity (Wildman–Crippen MR) is 129 cm³/mol. The zero-order valence-electron chi connectivity index (χ0n) is 18.2. The van der Waals surface area contributed by atoms with Crippen LogP contribution in [0.15, 0.2) is 72.4 Å². The number of pyridine rings is 1. The molecule has 4 rings (SSSR count). The number of nitrogens with one attached hydrogen (secondary N) is 1. The number of imidazole rings is 1. The number of aliphatic hydroxyl groups is 1. The number of aliphatic imine (C=N–C) groups is 1. The van der Waals surface area contributed by atoms with Crippen molar-refractivity contribution in [1.29, 1.82) is 0 Å². The second-order valence-corrected chi connectivity index (χ2v) is 7.15. The molecule has 0 unspecified atom stereocenters. The van der Waals surface area contributed by atoms with E-state index in [0.717, 1.165) is 33.7 Å². The topological polar surface area (TPSA) is 123 Å². The maximum atomic E-state index is 8.92. The minimum Gasteiger partial charge on any atom is -0.491 e. The molecule has 1 aromatic carbocycles.